The van der Waals surface area contributed by atoms with E-state index in [2.05, 4.69) is 15.1 Å². The largest absolute Gasteiger partial charge is 0.493 e. The fourth-order valence-electron chi connectivity index (χ4n) is 4.37. The predicted molar refractivity (Wildman–Crippen MR) is 158 cm³/mol. The summed E-state index contributed by atoms with van der Waals surface area (Å²) in [5.41, 5.74) is 13.4. The van der Waals surface area contributed by atoms with Crippen molar-refractivity contribution in [2.24, 2.45) is 5.73 Å². The van der Waals surface area contributed by atoms with E-state index >= 15 is 4.39 Å². The number of amidine groups is 1. The number of rotatable bonds is 7. The van der Waals surface area contributed by atoms with Gasteiger partial charge in [-0.25, -0.2) is 14.2 Å². The van der Waals surface area contributed by atoms with Gasteiger partial charge in [0.05, 0.1) is 25.3 Å². The molecule has 0 saturated heterocycles. The van der Waals surface area contributed by atoms with Crippen molar-refractivity contribution in [1.29, 1.82) is 5.41 Å². The number of methoxy groups -OCH3 is 1. The Kier molecular flexibility index (Phi) is 10.8. The Hall–Kier alpha value is -5.73. The van der Waals surface area contributed by atoms with Crippen LogP contribution in [0.15, 0.2) is 53.5 Å². The fourth-order valence-corrected chi connectivity index (χ4v) is 4.37. The maximum atomic E-state index is 15.9. The number of nitrogens with one attached hydrogen (secondary N) is 2. The van der Waals surface area contributed by atoms with Gasteiger partial charge in [0.25, 0.3) is 11.9 Å². The van der Waals surface area contributed by atoms with Gasteiger partial charge < -0.3 is 31.2 Å². The third-order valence-corrected chi connectivity index (χ3v) is 6.18. The van der Waals surface area contributed by atoms with Crippen molar-refractivity contribution in [3.8, 4) is 17.3 Å². The van der Waals surface area contributed by atoms with Crippen LogP contribution in [0.3, 0.4) is 0 Å². The average molecular weight is 610 g/mol. The molecule has 44 heavy (non-hydrogen) atoms. The summed E-state index contributed by atoms with van der Waals surface area (Å²) >= 11 is 0. The second-order valence-electron chi connectivity index (χ2n) is 9.44. The van der Waals surface area contributed by atoms with Crippen LogP contribution in [0.1, 0.15) is 47.8 Å². The molecular weight excluding hydrogens is 577 g/mol. The lowest BCUT2D eigenvalue weighted by atomic mass is 9.88. The number of hydrogen-bond donors (Lipinski definition) is 6. The summed E-state index contributed by atoms with van der Waals surface area (Å²) in [5, 5.41) is 26.9. The number of hydrogen-bond acceptors (Lipinski definition) is 9. The lowest BCUT2D eigenvalue weighted by molar-refractivity contribution is -0.135. The second kappa shape index (κ2) is 14.4. The van der Waals surface area contributed by atoms with Gasteiger partial charge in [-0.05, 0) is 30.2 Å². The molecule has 14 nitrogen and oxygen atoms in total. The first kappa shape index (κ1) is 32.8. The number of nitrogens with zero attached hydrogens (tertiary/aromatic N) is 3. The van der Waals surface area contributed by atoms with Crippen molar-refractivity contribution in [3.63, 3.8) is 0 Å². The Bertz CT molecular complexity index is 1700. The minimum Gasteiger partial charge on any atom is -0.493 e. The molecule has 0 saturated carbocycles. The number of aliphatic carboxylic acids is 2. The maximum absolute atomic E-state index is 15.9. The van der Waals surface area contributed by atoms with E-state index in [1.165, 1.54) is 13.3 Å². The van der Waals surface area contributed by atoms with E-state index in [0.29, 0.717) is 47.6 Å². The standard InChI is InChI=1S/C25H24FN7O3.2C2H4O2/c1-35-19-12-16(20(26)15-8-10-36-21(15)19)17(11-13-4-6-14(7-5-13)22(28)29)23-31-25(34)33(32-23)24-18(27)3-2-9-30-24;2*1-2(3)4/h2-7,9,12,17H,8,10-11,27H2,1H3,(H3,28,29)(H,31,32,34);2*1H3,(H,3,4). The quantitative estimate of drug-likeness (QED) is 0.132. The van der Waals surface area contributed by atoms with Crippen molar-refractivity contribution in [3.05, 3.63) is 93.0 Å². The molecule has 15 heteroatoms. The monoisotopic (exact) mass is 609 g/mol. The van der Waals surface area contributed by atoms with E-state index in [4.69, 9.17) is 46.2 Å². The van der Waals surface area contributed by atoms with E-state index in [9.17, 15) is 4.79 Å². The van der Waals surface area contributed by atoms with Crippen LogP contribution in [0.5, 0.6) is 11.5 Å². The number of pyridine rings is 1. The van der Waals surface area contributed by atoms with Gasteiger partial charge in [0, 0.05) is 43.2 Å². The average Bonchev–Trinajstić information content (AvgIpc) is 3.60. The smallest absolute Gasteiger partial charge is 0.349 e. The zero-order chi connectivity index (χ0) is 32.6. The van der Waals surface area contributed by atoms with Crippen LogP contribution in [0.25, 0.3) is 5.82 Å². The molecule has 3 heterocycles. The van der Waals surface area contributed by atoms with Gasteiger partial charge in [0.2, 0.25) is 0 Å². The molecule has 1 unspecified atom stereocenters. The number of ether oxygens (including phenoxy) is 2. The van der Waals surface area contributed by atoms with Gasteiger partial charge >= 0.3 is 5.69 Å². The highest BCUT2D eigenvalue weighted by Crippen LogP contribution is 2.42. The Morgan fingerprint density at radius 1 is 1.20 bits per heavy atom. The molecule has 2 aromatic heterocycles. The SMILES string of the molecule is CC(=O)O.CC(=O)O.COc1cc(C(Cc2ccc(C(=N)N)cc2)c2nn(-c3ncccc3N)c(=O)[nH]2)c(F)c2c1OCC2. The highest BCUT2D eigenvalue weighted by molar-refractivity contribution is 5.94. The van der Waals surface area contributed by atoms with Gasteiger partial charge in [-0.3, -0.25) is 20.0 Å². The van der Waals surface area contributed by atoms with Gasteiger partial charge in [0.15, 0.2) is 17.3 Å². The number of benzene rings is 2. The Morgan fingerprint density at radius 3 is 2.41 bits per heavy atom. The van der Waals surface area contributed by atoms with Crippen LogP contribution < -0.4 is 26.6 Å². The number of carbonyl (C=O) groups is 2. The van der Waals surface area contributed by atoms with Gasteiger partial charge in [-0.1, -0.05) is 24.3 Å². The molecule has 0 radical (unpaired) electrons. The van der Waals surface area contributed by atoms with Crippen molar-refractivity contribution < 1.29 is 33.7 Å². The first-order valence-electron chi connectivity index (χ1n) is 13.1. The normalized spacial score (nSPS) is 11.9. The molecule has 1 aliphatic rings. The number of nitrogen functional groups attached to an aromatic ring is 2. The van der Waals surface area contributed by atoms with Crippen molar-refractivity contribution in [1.82, 2.24) is 19.7 Å². The van der Waals surface area contributed by atoms with Gasteiger partial charge in [-0.15, -0.1) is 5.10 Å². The summed E-state index contributed by atoms with van der Waals surface area (Å²) in [5.74, 6) is -1.62. The molecule has 5 rings (SSSR count). The predicted octanol–water partition coefficient (Wildman–Crippen LogP) is 2.46. The highest BCUT2D eigenvalue weighted by atomic mass is 19.1. The summed E-state index contributed by atoms with van der Waals surface area (Å²) in [4.78, 5) is 37.8. The third kappa shape index (κ3) is 7.96. The minimum atomic E-state index is -0.833. The summed E-state index contributed by atoms with van der Waals surface area (Å²) < 4.78 is 28.0. The third-order valence-electron chi connectivity index (χ3n) is 6.18. The van der Waals surface area contributed by atoms with E-state index in [0.717, 1.165) is 24.1 Å². The molecule has 232 valence electrons. The highest BCUT2D eigenvalue weighted by Gasteiger charge is 2.31. The first-order chi connectivity index (χ1) is 20.8. The minimum absolute atomic E-state index is 0.0523. The van der Waals surface area contributed by atoms with Crippen LogP contribution in [0.4, 0.5) is 10.1 Å². The Balaban J connectivity index is 0.000000592. The van der Waals surface area contributed by atoms with Crippen LogP contribution in [0, 0.1) is 11.2 Å². The molecule has 0 bridgehead atoms. The molecule has 0 fully saturated rings. The summed E-state index contributed by atoms with van der Waals surface area (Å²) in [6.45, 7) is 2.52. The number of H-pyrrole nitrogens is 1. The lowest BCUT2D eigenvalue weighted by Crippen LogP contribution is -2.18. The van der Waals surface area contributed by atoms with Crippen LogP contribution in [-0.2, 0) is 22.4 Å². The van der Waals surface area contributed by atoms with E-state index in [1.54, 1.807) is 42.5 Å². The van der Waals surface area contributed by atoms with Gasteiger partial charge in [0.1, 0.15) is 17.5 Å². The molecule has 0 spiro atoms. The topological polar surface area (TPSA) is 233 Å². The summed E-state index contributed by atoms with van der Waals surface area (Å²) in [6, 6.07) is 11.9. The Labute approximate surface area is 250 Å². The van der Waals surface area contributed by atoms with Gasteiger partial charge in [-0.2, -0.15) is 4.68 Å². The molecule has 1 aliphatic heterocycles. The number of carboxylic acid groups (broad SMARTS) is 2. The first-order valence-corrected chi connectivity index (χ1v) is 13.1. The number of aromatic nitrogens is 4. The summed E-state index contributed by atoms with van der Waals surface area (Å²) in [7, 11) is 1.49. The van der Waals surface area contributed by atoms with E-state index < -0.39 is 29.4 Å². The zero-order valence-electron chi connectivity index (χ0n) is 24.1. The fraction of sp³-hybridized carbons (Fsp3) is 0.241. The molecule has 8 N–H and O–H groups in total. The molecule has 0 amide bonds. The molecular formula is C29H32FN7O7. The molecule has 1 atom stereocenters. The zero-order valence-corrected chi connectivity index (χ0v) is 24.1. The molecule has 2 aromatic carbocycles. The number of carboxylic acids is 2. The number of anilines is 1. The van der Waals surface area contributed by atoms with Crippen LogP contribution in [-0.4, -0.2) is 61.5 Å². The second-order valence-corrected chi connectivity index (χ2v) is 9.44. The molecule has 0 aliphatic carbocycles. The van der Waals surface area contributed by atoms with E-state index in [1.807, 2.05) is 0 Å². The number of nitrogens with two attached hydrogens (primary N) is 2. The van der Waals surface area contributed by atoms with Crippen molar-refractivity contribution in [2.45, 2.75) is 32.6 Å². The van der Waals surface area contributed by atoms with Crippen molar-refractivity contribution >= 4 is 23.5 Å². The lowest BCUT2D eigenvalue weighted by Gasteiger charge is -2.19. The van der Waals surface area contributed by atoms with Crippen LogP contribution >= 0.6 is 0 Å². The number of aromatic amines is 1. The molecule has 4 aromatic rings. The van der Waals surface area contributed by atoms with E-state index in [-0.39, 0.29) is 23.2 Å². The number of fused-ring (bicyclic) bond motifs is 1. The number of halogens is 1. The summed E-state index contributed by atoms with van der Waals surface area (Å²) in [6.07, 6.45) is 2.20. The van der Waals surface area contributed by atoms with Crippen molar-refractivity contribution in [2.75, 3.05) is 19.5 Å². The maximum Gasteiger partial charge on any atom is 0.349 e. The van der Waals surface area contributed by atoms with Crippen LogP contribution in [0.2, 0.25) is 0 Å². The Morgan fingerprint density at radius 2 is 1.84 bits per heavy atom.